The first-order valence-electron chi connectivity index (χ1n) is 6.43. The molecule has 0 amide bonds. The fourth-order valence-electron chi connectivity index (χ4n) is 2.52. The van der Waals surface area contributed by atoms with Crippen molar-refractivity contribution in [3.05, 3.63) is 34.1 Å². The maximum Gasteiger partial charge on any atom is 0.272 e. The molecular weight excluding hydrogens is 249 g/mol. The minimum Gasteiger partial charge on any atom is -0.369 e. The number of nitro groups is 1. The van der Waals surface area contributed by atoms with Gasteiger partial charge < -0.3 is 10.6 Å². The van der Waals surface area contributed by atoms with Gasteiger partial charge in [-0.3, -0.25) is 10.1 Å². The van der Waals surface area contributed by atoms with Crippen molar-refractivity contribution in [3.8, 4) is 0 Å². The van der Waals surface area contributed by atoms with E-state index in [0.717, 1.165) is 25.5 Å². The molecule has 0 saturated carbocycles. The Hall–Kier alpha value is -1.69. The number of halogens is 1. The molecule has 2 rings (SSSR count). The zero-order valence-corrected chi connectivity index (χ0v) is 10.9. The summed E-state index contributed by atoms with van der Waals surface area (Å²) in [7, 11) is 0. The summed E-state index contributed by atoms with van der Waals surface area (Å²) in [4.78, 5) is 11.9. The highest BCUT2D eigenvalue weighted by Gasteiger charge is 2.25. The molecule has 0 aliphatic carbocycles. The fraction of sp³-hybridized carbons (Fsp3) is 0.538. The summed E-state index contributed by atoms with van der Waals surface area (Å²) in [6.07, 6.45) is 2.01. The zero-order valence-electron chi connectivity index (χ0n) is 10.9. The number of anilines is 1. The Bertz CT molecular complexity index is 479. The van der Waals surface area contributed by atoms with Crippen molar-refractivity contribution in [2.45, 2.75) is 25.8 Å². The van der Waals surface area contributed by atoms with Crippen LogP contribution in [0.3, 0.4) is 0 Å². The predicted octanol–water partition coefficient (Wildman–Crippen LogP) is 2.30. The molecule has 2 atom stereocenters. The van der Waals surface area contributed by atoms with Crippen molar-refractivity contribution in [1.29, 1.82) is 0 Å². The first-order valence-corrected chi connectivity index (χ1v) is 6.43. The van der Waals surface area contributed by atoms with E-state index >= 15 is 0 Å². The lowest BCUT2D eigenvalue weighted by Crippen LogP contribution is -2.42. The summed E-state index contributed by atoms with van der Waals surface area (Å²) in [6, 6.07) is 3.87. The molecule has 1 heterocycles. The quantitative estimate of drug-likeness (QED) is 0.673. The van der Waals surface area contributed by atoms with Crippen molar-refractivity contribution >= 4 is 11.4 Å². The molecule has 1 fully saturated rings. The van der Waals surface area contributed by atoms with Crippen LogP contribution in [0.2, 0.25) is 0 Å². The van der Waals surface area contributed by atoms with Crippen LogP contribution < -0.4 is 10.6 Å². The number of non-ortho nitro benzene ring substituents is 1. The Morgan fingerprint density at radius 2 is 2.32 bits per heavy atom. The first kappa shape index (κ1) is 13.7. The Kier molecular flexibility index (Phi) is 3.99. The molecule has 6 heteroatoms. The van der Waals surface area contributed by atoms with E-state index in [1.54, 1.807) is 0 Å². The molecule has 2 unspecified atom stereocenters. The minimum atomic E-state index is -0.589. The molecule has 1 aliphatic rings. The molecule has 1 aromatic carbocycles. The standard InChI is InChI=1S/C13H18FN3O2/c1-9(15)10-3-2-6-16(8-10)13-5-4-11(17(18)19)7-12(13)14/h4-5,7,9-10H,2-3,6,8,15H2,1H3. The lowest BCUT2D eigenvalue weighted by atomic mass is 9.92. The summed E-state index contributed by atoms with van der Waals surface area (Å²) >= 11 is 0. The van der Waals surface area contributed by atoms with E-state index in [9.17, 15) is 14.5 Å². The van der Waals surface area contributed by atoms with Crippen LogP contribution in [-0.2, 0) is 0 Å². The fourth-order valence-corrected chi connectivity index (χ4v) is 2.52. The van der Waals surface area contributed by atoms with Gasteiger partial charge in [-0.1, -0.05) is 0 Å². The first-order chi connectivity index (χ1) is 8.99. The van der Waals surface area contributed by atoms with Crippen molar-refractivity contribution in [1.82, 2.24) is 0 Å². The summed E-state index contributed by atoms with van der Waals surface area (Å²) in [5.74, 6) is -0.206. The summed E-state index contributed by atoms with van der Waals surface area (Å²) in [5.41, 5.74) is 6.11. The maximum atomic E-state index is 13.9. The van der Waals surface area contributed by atoms with Crippen molar-refractivity contribution < 1.29 is 9.31 Å². The molecule has 0 spiro atoms. The SMILES string of the molecule is CC(N)C1CCCN(c2ccc([N+](=O)[O-])cc2F)C1. The highest BCUT2D eigenvalue weighted by atomic mass is 19.1. The van der Waals surface area contributed by atoms with Crippen molar-refractivity contribution in [2.24, 2.45) is 11.7 Å². The lowest BCUT2D eigenvalue weighted by Gasteiger charge is -2.36. The number of nitrogens with two attached hydrogens (primary N) is 1. The number of benzene rings is 1. The van der Waals surface area contributed by atoms with Gasteiger partial charge in [0, 0.05) is 25.2 Å². The van der Waals surface area contributed by atoms with Gasteiger partial charge in [-0.2, -0.15) is 0 Å². The minimum absolute atomic E-state index is 0.0731. The van der Waals surface area contributed by atoms with E-state index in [0.29, 0.717) is 18.2 Å². The molecule has 0 bridgehead atoms. The third kappa shape index (κ3) is 3.01. The summed E-state index contributed by atoms with van der Waals surface area (Å²) in [5, 5.41) is 10.6. The van der Waals surface area contributed by atoms with Gasteiger partial charge in [-0.05, 0) is 31.7 Å². The Labute approximate surface area is 111 Å². The second-order valence-corrected chi connectivity index (χ2v) is 5.10. The van der Waals surface area contributed by atoms with E-state index in [1.165, 1.54) is 12.1 Å². The van der Waals surface area contributed by atoms with Gasteiger partial charge in [-0.15, -0.1) is 0 Å². The lowest BCUT2D eigenvalue weighted by molar-refractivity contribution is -0.385. The second kappa shape index (κ2) is 5.52. The zero-order chi connectivity index (χ0) is 14.0. The van der Waals surface area contributed by atoms with E-state index in [1.807, 2.05) is 11.8 Å². The van der Waals surface area contributed by atoms with Gasteiger partial charge in [0.05, 0.1) is 16.7 Å². The third-order valence-corrected chi connectivity index (χ3v) is 3.68. The number of nitro benzene ring substituents is 1. The van der Waals surface area contributed by atoms with Crippen LogP contribution in [0, 0.1) is 21.8 Å². The van der Waals surface area contributed by atoms with Crippen LogP contribution in [-0.4, -0.2) is 24.1 Å². The number of rotatable bonds is 3. The highest BCUT2D eigenvalue weighted by Crippen LogP contribution is 2.28. The smallest absolute Gasteiger partial charge is 0.272 e. The van der Waals surface area contributed by atoms with Gasteiger partial charge in [0.2, 0.25) is 0 Å². The monoisotopic (exact) mass is 267 g/mol. The van der Waals surface area contributed by atoms with Gasteiger partial charge in [0.15, 0.2) is 5.82 Å². The molecule has 1 aromatic rings. The number of nitrogens with zero attached hydrogens (tertiary/aromatic N) is 2. The Morgan fingerprint density at radius 1 is 1.58 bits per heavy atom. The largest absolute Gasteiger partial charge is 0.369 e. The molecule has 0 aromatic heterocycles. The van der Waals surface area contributed by atoms with Crippen LogP contribution >= 0.6 is 0 Å². The third-order valence-electron chi connectivity index (χ3n) is 3.68. The molecule has 2 N–H and O–H groups in total. The Balaban J connectivity index is 2.19. The number of hydrogen-bond donors (Lipinski definition) is 1. The van der Waals surface area contributed by atoms with E-state index in [2.05, 4.69) is 0 Å². The van der Waals surface area contributed by atoms with Crippen LogP contribution in [0.4, 0.5) is 15.8 Å². The van der Waals surface area contributed by atoms with Crippen LogP contribution in [0.15, 0.2) is 18.2 Å². The summed E-state index contributed by atoms with van der Waals surface area (Å²) in [6.45, 7) is 3.42. The topological polar surface area (TPSA) is 72.4 Å². The van der Waals surface area contributed by atoms with Crippen LogP contribution in [0.1, 0.15) is 19.8 Å². The number of hydrogen-bond acceptors (Lipinski definition) is 4. The van der Waals surface area contributed by atoms with Gasteiger partial charge >= 0.3 is 0 Å². The van der Waals surface area contributed by atoms with Crippen molar-refractivity contribution in [2.75, 3.05) is 18.0 Å². The molecule has 0 radical (unpaired) electrons. The normalized spacial score (nSPS) is 21.2. The maximum absolute atomic E-state index is 13.9. The second-order valence-electron chi connectivity index (χ2n) is 5.10. The van der Waals surface area contributed by atoms with E-state index < -0.39 is 10.7 Å². The van der Waals surface area contributed by atoms with Crippen LogP contribution in [0.5, 0.6) is 0 Å². The van der Waals surface area contributed by atoms with Crippen molar-refractivity contribution in [3.63, 3.8) is 0 Å². The van der Waals surface area contributed by atoms with Gasteiger partial charge in [0.1, 0.15) is 0 Å². The average Bonchev–Trinajstić information content (AvgIpc) is 2.38. The van der Waals surface area contributed by atoms with E-state index in [-0.39, 0.29) is 11.7 Å². The van der Waals surface area contributed by atoms with Gasteiger partial charge in [0.25, 0.3) is 5.69 Å². The molecule has 1 aliphatic heterocycles. The predicted molar refractivity (Wildman–Crippen MR) is 71.6 cm³/mol. The number of piperidine rings is 1. The van der Waals surface area contributed by atoms with Gasteiger partial charge in [-0.25, -0.2) is 4.39 Å². The Morgan fingerprint density at radius 3 is 2.89 bits per heavy atom. The highest BCUT2D eigenvalue weighted by molar-refractivity contribution is 5.52. The molecule has 19 heavy (non-hydrogen) atoms. The molecule has 104 valence electrons. The molecular formula is C13H18FN3O2. The molecule has 5 nitrogen and oxygen atoms in total. The summed E-state index contributed by atoms with van der Waals surface area (Å²) < 4.78 is 13.9. The average molecular weight is 267 g/mol. The molecule has 1 saturated heterocycles. The van der Waals surface area contributed by atoms with Crippen LogP contribution in [0.25, 0.3) is 0 Å². The van der Waals surface area contributed by atoms with E-state index in [4.69, 9.17) is 5.73 Å².